The number of aliphatic hydroxyl groups excluding tert-OH is 1. The molecule has 1 fully saturated rings. The number of nitrogens with one attached hydrogen (secondary N) is 1. The third-order valence-electron chi connectivity index (χ3n) is 7.66. The highest BCUT2D eigenvalue weighted by Gasteiger charge is 2.35. The summed E-state index contributed by atoms with van der Waals surface area (Å²) in [6.07, 6.45) is 5.15. The summed E-state index contributed by atoms with van der Waals surface area (Å²) in [4.78, 5) is 41.0. The van der Waals surface area contributed by atoms with Crippen molar-refractivity contribution >= 4 is 34.5 Å². The first-order valence-electron chi connectivity index (χ1n) is 13.7. The largest absolute Gasteiger partial charge is 0.395 e. The van der Waals surface area contributed by atoms with E-state index in [1.54, 1.807) is 41.2 Å². The lowest BCUT2D eigenvalue weighted by Crippen LogP contribution is -2.56. The number of aromatic nitrogens is 4. The van der Waals surface area contributed by atoms with Gasteiger partial charge in [0.1, 0.15) is 11.9 Å². The lowest BCUT2D eigenvalue weighted by molar-refractivity contribution is -0.123. The number of fused-ring (bicyclic) bond motifs is 1. The number of thiophene rings is 1. The van der Waals surface area contributed by atoms with Crippen molar-refractivity contribution in [3.8, 4) is 21.8 Å². The van der Waals surface area contributed by atoms with Crippen molar-refractivity contribution in [2.45, 2.75) is 45.2 Å². The average Bonchev–Trinajstić information content (AvgIpc) is 3.64. The maximum Gasteiger partial charge on any atom is 0.242 e. The Bertz CT molecular complexity index is 1480. The van der Waals surface area contributed by atoms with Crippen molar-refractivity contribution in [2.75, 3.05) is 38.2 Å². The molecule has 2 atom stereocenters. The zero-order valence-corrected chi connectivity index (χ0v) is 23.9. The Labute approximate surface area is 237 Å². The van der Waals surface area contributed by atoms with Crippen molar-refractivity contribution in [1.29, 1.82) is 0 Å². The van der Waals surface area contributed by atoms with Crippen molar-refractivity contribution in [3.63, 3.8) is 0 Å². The zero-order chi connectivity index (χ0) is 28.2. The first-order chi connectivity index (χ1) is 19.5. The van der Waals surface area contributed by atoms with Crippen LogP contribution in [0.25, 0.3) is 27.5 Å². The number of ketones is 1. The Kier molecular flexibility index (Phi) is 8.53. The number of rotatable bonds is 12. The summed E-state index contributed by atoms with van der Waals surface area (Å²) in [5.74, 6) is 0.475. The molecule has 0 aromatic carbocycles. The standard InChI is InChI=1S/C29H35N7O3S/c1-4-34(5-2)20(18-37)8-9-25(38)19-15-23(32-27(16-19)35-12-11-24(35)29(39)30-3)21-17-31-36-13-10-22(33-28(21)36)26-7-6-14-40-26/h6-7,10,13-17,20,24,37H,4-5,8-9,11-12,18H2,1-3H3,(H,30,39)/t20-,24+/m1/s1. The molecule has 1 amide bonds. The normalized spacial score (nSPS) is 15.8. The van der Waals surface area contributed by atoms with E-state index in [1.807, 2.05) is 34.7 Å². The molecular formula is C29H35N7O3S. The molecular weight excluding hydrogens is 526 g/mol. The molecule has 1 saturated heterocycles. The molecule has 1 aliphatic heterocycles. The summed E-state index contributed by atoms with van der Waals surface area (Å²) in [5, 5.41) is 19.2. The van der Waals surface area contributed by atoms with Crippen molar-refractivity contribution in [3.05, 3.63) is 53.7 Å². The first kappa shape index (κ1) is 27.9. The number of amides is 1. The second-order valence-corrected chi connectivity index (χ2v) is 10.8. The third kappa shape index (κ3) is 5.49. The van der Waals surface area contributed by atoms with Gasteiger partial charge in [0.05, 0.1) is 34.6 Å². The van der Waals surface area contributed by atoms with Gasteiger partial charge in [-0.1, -0.05) is 19.9 Å². The van der Waals surface area contributed by atoms with E-state index in [1.165, 1.54) is 0 Å². The number of nitrogens with zero attached hydrogens (tertiary/aromatic N) is 6. The van der Waals surface area contributed by atoms with Crippen LogP contribution in [0.1, 0.15) is 43.5 Å². The van der Waals surface area contributed by atoms with Gasteiger partial charge in [0.25, 0.3) is 0 Å². The van der Waals surface area contributed by atoms with Crippen LogP contribution in [0.3, 0.4) is 0 Å². The smallest absolute Gasteiger partial charge is 0.242 e. The first-order valence-corrected chi connectivity index (χ1v) is 14.6. The molecule has 4 aromatic rings. The second-order valence-electron chi connectivity index (χ2n) is 9.85. The minimum Gasteiger partial charge on any atom is -0.395 e. The van der Waals surface area contributed by atoms with Crippen LogP contribution in [-0.4, -0.2) is 86.7 Å². The molecule has 0 saturated carbocycles. The second kappa shape index (κ2) is 12.2. The van der Waals surface area contributed by atoms with E-state index in [0.717, 1.165) is 30.1 Å². The number of pyridine rings is 1. The molecule has 210 valence electrons. The number of hydrogen-bond donors (Lipinski definition) is 2. The van der Waals surface area contributed by atoms with E-state index in [4.69, 9.17) is 9.97 Å². The summed E-state index contributed by atoms with van der Waals surface area (Å²) in [7, 11) is 1.63. The number of Topliss-reactive ketones (excluding diaryl/α,β-unsaturated/α-hetero) is 1. The number of carbonyl (C=O) groups excluding carboxylic acids is 2. The highest BCUT2D eigenvalue weighted by atomic mass is 32.1. The Morgan fingerprint density at radius 1 is 1.20 bits per heavy atom. The van der Waals surface area contributed by atoms with Crippen LogP contribution >= 0.6 is 11.3 Å². The van der Waals surface area contributed by atoms with Crippen LogP contribution < -0.4 is 10.2 Å². The molecule has 5 rings (SSSR count). The van der Waals surface area contributed by atoms with Crippen LogP contribution in [0.2, 0.25) is 0 Å². The fourth-order valence-corrected chi connectivity index (χ4v) is 5.94. The lowest BCUT2D eigenvalue weighted by Gasteiger charge is -2.40. The summed E-state index contributed by atoms with van der Waals surface area (Å²) in [5.41, 5.74) is 3.29. The molecule has 0 radical (unpaired) electrons. The average molecular weight is 562 g/mol. The summed E-state index contributed by atoms with van der Waals surface area (Å²) in [6, 6.07) is 9.11. The van der Waals surface area contributed by atoms with E-state index in [-0.39, 0.29) is 30.4 Å². The van der Waals surface area contributed by atoms with Crippen LogP contribution in [0, 0.1) is 0 Å². The van der Waals surface area contributed by atoms with Crippen molar-refractivity contribution < 1.29 is 14.7 Å². The lowest BCUT2D eigenvalue weighted by atomic mass is 9.99. The van der Waals surface area contributed by atoms with Crippen molar-refractivity contribution in [2.24, 2.45) is 0 Å². The van der Waals surface area contributed by atoms with Gasteiger partial charge in [-0.3, -0.25) is 14.5 Å². The summed E-state index contributed by atoms with van der Waals surface area (Å²) < 4.78 is 1.70. The maximum absolute atomic E-state index is 13.6. The zero-order valence-electron chi connectivity index (χ0n) is 23.1. The van der Waals surface area contributed by atoms with Gasteiger partial charge in [-0.05, 0) is 55.6 Å². The fraction of sp³-hybridized carbons (Fsp3) is 0.414. The predicted octanol–water partition coefficient (Wildman–Crippen LogP) is 3.51. The number of anilines is 1. The number of likely N-dealkylation sites (N-methyl/N-ethyl adjacent to an activating group) is 2. The van der Waals surface area contributed by atoms with Gasteiger partial charge in [0, 0.05) is 37.8 Å². The molecule has 2 N–H and O–H groups in total. The molecule has 10 nitrogen and oxygen atoms in total. The van der Waals surface area contributed by atoms with Gasteiger partial charge in [0.15, 0.2) is 11.4 Å². The minimum atomic E-state index is -0.329. The summed E-state index contributed by atoms with van der Waals surface area (Å²) in [6.45, 7) is 6.41. The molecule has 40 heavy (non-hydrogen) atoms. The molecule has 0 bridgehead atoms. The predicted molar refractivity (Wildman–Crippen MR) is 157 cm³/mol. The van der Waals surface area contributed by atoms with Crippen LogP contribution in [0.4, 0.5) is 5.82 Å². The Balaban J connectivity index is 1.52. The topological polar surface area (TPSA) is 116 Å². The molecule has 4 aromatic heterocycles. The minimum absolute atomic E-state index is 0.00400. The van der Waals surface area contributed by atoms with E-state index >= 15 is 0 Å². The van der Waals surface area contributed by atoms with Crippen molar-refractivity contribution in [1.82, 2.24) is 29.8 Å². The van der Waals surface area contributed by atoms with E-state index in [9.17, 15) is 14.7 Å². The number of carbonyl (C=O) groups is 2. The number of hydrogen-bond acceptors (Lipinski definition) is 9. The summed E-state index contributed by atoms with van der Waals surface area (Å²) >= 11 is 1.61. The van der Waals surface area contributed by atoms with Gasteiger partial charge >= 0.3 is 0 Å². The van der Waals surface area contributed by atoms with E-state index in [2.05, 4.69) is 29.2 Å². The Morgan fingerprint density at radius 3 is 2.67 bits per heavy atom. The SMILES string of the molecule is CCN(CC)[C@@H](CO)CCC(=O)c1cc(-c2cnn3ccc(-c4cccs4)nc23)nc(N2CC[C@H]2C(=O)NC)c1. The number of aliphatic hydroxyl groups is 1. The van der Waals surface area contributed by atoms with E-state index < -0.39 is 0 Å². The van der Waals surface area contributed by atoms with Gasteiger partial charge in [-0.25, -0.2) is 14.5 Å². The molecule has 5 heterocycles. The molecule has 1 aliphatic rings. The van der Waals surface area contributed by atoms with Gasteiger partial charge in [-0.2, -0.15) is 5.10 Å². The highest BCUT2D eigenvalue weighted by Crippen LogP contribution is 2.32. The maximum atomic E-state index is 13.6. The Hall–Kier alpha value is -3.67. The van der Waals surface area contributed by atoms with Gasteiger partial charge in [-0.15, -0.1) is 11.3 Å². The van der Waals surface area contributed by atoms with Gasteiger partial charge in [0.2, 0.25) is 5.91 Å². The van der Waals surface area contributed by atoms with Gasteiger partial charge < -0.3 is 15.3 Å². The van der Waals surface area contributed by atoms with E-state index in [0.29, 0.717) is 47.7 Å². The molecule has 0 aliphatic carbocycles. The third-order valence-corrected chi connectivity index (χ3v) is 8.55. The monoisotopic (exact) mass is 561 g/mol. The van der Waals surface area contributed by atoms with Crippen LogP contribution in [-0.2, 0) is 4.79 Å². The van der Waals surface area contributed by atoms with Crippen LogP contribution in [0.15, 0.2) is 48.1 Å². The fourth-order valence-electron chi connectivity index (χ4n) is 5.25. The quantitative estimate of drug-likeness (QED) is 0.253. The molecule has 0 unspecified atom stereocenters. The highest BCUT2D eigenvalue weighted by molar-refractivity contribution is 7.13. The Morgan fingerprint density at radius 2 is 2.02 bits per heavy atom. The molecule has 0 spiro atoms. The molecule has 11 heteroatoms. The van der Waals surface area contributed by atoms with Crippen LogP contribution in [0.5, 0.6) is 0 Å².